The van der Waals surface area contributed by atoms with Crippen LogP contribution in [0.4, 0.5) is 10.5 Å². The van der Waals surface area contributed by atoms with Crippen molar-refractivity contribution in [1.29, 1.82) is 0 Å². The summed E-state index contributed by atoms with van der Waals surface area (Å²) in [5, 5.41) is 15.0. The number of hydrogen-bond donors (Lipinski definition) is 4. The van der Waals surface area contributed by atoms with E-state index in [4.69, 9.17) is 4.74 Å². The van der Waals surface area contributed by atoms with E-state index in [9.17, 15) is 9.59 Å². The minimum Gasteiger partial charge on any atom is -0.383 e. The lowest BCUT2D eigenvalue weighted by molar-refractivity contribution is 0.0936. The van der Waals surface area contributed by atoms with E-state index in [2.05, 4.69) is 31.1 Å². The summed E-state index contributed by atoms with van der Waals surface area (Å²) in [5.41, 5.74) is 1.73. The largest absolute Gasteiger partial charge is 0.383 e. The molecule has 2 aromatic rings. The van der Waals surface area contributed by atoms with Gasteiger partial charge < -0.3 is 20.7 Å². The Bertz CT molecular complexity index is 774. The first-order valence-corrected chi connectivity index (χ1v) is 8.25. The predicted octanol–water partition coefficient (Wildman–Crippen LogP) is 1.68. The molecule has 9 heteroatoms. The highest BCUT2D eigenvalue weighted by Gasteiger charge is 2.16. The van der Waals surface area contributed by atoms with E-state index in [0.29, 0.717) is 41.6 Å². The number of amides is 3. The van der Waals surface area contributed by atoms with Crippen molar-refractivity contribution in [3.63, 3.8) is 0 Å². The van der Waals surface area contributed by atoms with Gasteiger partial charge in [-0.1, -0.05) is 6.07 Å². The minimum atomic E-state index is -0.403. The number of ether oxygens (including phenoxy) is 1. The Morgan fingerprint density at radius 1 is 1.31 bits per heavy atom. The molecule has 4 N–H and O–H groups in total. The second kappa shape index (κ2) is 8.95. The Kier molecular flexibility index (Phi) is 6.67. The van der Waals surface area contributed by atoms with E-state index < -0.39 is 6.03 Å². The molecule has 1 unspecified atom stereocenters. The number of nitrogens with one attached hydrogen (secondary N) is 4. The van der Waals surface area contributed by atoms with E-state index in [-0.39, 0.29) is 11.9 Å². The summed E-state index contributed by atoms with van der Waals surface area (Å²) in [4.78, 5) is 28.7. The summed E-state index contributed by atoms with van der Waals surface area (Å²) in [6, 6.07) is 4.40. The van der Waals surface area contributed by atoms with Crippen molar-refractivity contribution in [3.05, 3.63) is 41.0 Å². The fraction of sp³-hybridized carbons (Fsp3) is 0.412. The lowest BCUT2D eigenvalue weighted by Gasteiger charge is -2.15. The maximum Gasteiger partial charge on any atom is 0.319 e. The topological polar surface area (TPSA) is 121 Å². The van der Waals surface area contributed by atoms with Crippen LogP contribution in [0.15, 0.2) is 18.2 Å². The summed E-state index contributed by atoms with van der Waals surface area (Å²) in [5.74, 6) is 0.964. The molecule has 26 heavy (non-hydrogen) atoms. The molecule has 0 aliphatic carbocycles. The summed E-state index contributed by atoms with van der Waals surface area (Å²) in [7, 11) is 1.57. The quantitative estimate of drug-likeness (QED) is 0.560. The third kappa shape index (κ3) is 5.03. The lowest BCUT2D eigenvalue weighted by atomic mass is 10.1. The van der Waals surface area contributed by atoms with Gasteiger partial charge in [-0.3, -0.25) is 9.89 Å². The molecular formula is C17H24N6O3. The zero-order chi connectivity index (χ0) is 19.1. The van der Waals surface area contributed by atoms with Crippen LogP contribution in [0.1, 0.15) is 40.5 Å². The lowest BCUT2D eigenvalue weighted by Crippen LogP contribution is -2.32. The number of aryl methyl sites for hydroxylation is 1. The standard InChI is InChI=1S/C17H24N6O3/c1-10-13(16(24)18-8-9-26-4)6-5-7-14(10)21-17(25)19-11(2)15-20-12(3)22-23-15/h5-7,11H,8-9H2,1-4H3,(H,18,24)(H2,19,21,25)(H,20,22,23). The van der Waals surface area contributed by atoms with Crippen LogP contribution in [0, 0.1) is 13.8 Å². The Hall–Kier alpha value is -2.94. The van der Waals surface area contributed by atoms with Crippen LogP contribution in [0.5, 0.6) is 0 Å². The second-order valence-electron chi connectivity index (χ2n) is 5.83. The van der Waals surface area contributed by atoms with Crippen molar-refractivity contribution < 1.29 is 14.3 Å². The molecule has 140 valence electrons. The summed E-state index contributed by atoms with van der Waals surface area (Å²) < 4.78 is 4.92. The van der Waals surface area contributed by atoms with Gasteiger partial charge in [0.25, 0.3) is 5.91 Å². The summed E-state index contributed by atoms with van der Waals surface area (Å²) in [6.45, 7) is 6.21. The van der Waals surface area contributed by atoms with Crippen molar-refractivity contribution in [2.75, 3.05) is 25.6 Å². The minimum absolute atomic E-state index is 0.215. The van der Waals surface area contributed by atoms with Gasteiger partial charge in [0.05, 0.1) is 12.6 Å². The highest BCUT2D eigenvalue weighted by atomic mass is 16.5. The highest BCUT2D eigenvalue weighted by Crippen LogP contribution is 2.19. The van der Waals surface area contributed by atoms with Crippen LogP contribution in [0.2, 0.25) is 0 Å². The molecule has 0 bridgehead atoms. The van der Waals surface area contributed by atoms with Crippen molar-refractivity contribution in [1.82, 2.24) is 25.8 Å². The zero-order valence-corrected chi connectivity index (χ0v) is 15.3. The van der Waals surface area contributed by atoms with Crippen LogP contribution >= 0.6 is 0 Å². The SMILES string of the molecule is COCCNC(=O)c1cccc(NC(=O)NC(C)c2n[nH]c(C)n2)c1C. The molecule has 9 nitrogen and oxygen atoms in total. The van der Waals surface area contributed by atoms with E-state index in [0.717, 1.165) is 0 Å². The number of anilines is 1. The average Bonchev–Trinajstić information content (AvgIpc) is 3.03. The Labute approximate surface area is 151 Å². The number of hydrogen-bond acceptors (Lipinski definition) is 5. The summed E-state index contributed by atoms with van der Waals surface area (Å²) >= 11 is 0. The molecular weight excluding hydrogens is 336 g/mol. The smallest absolute Gasteiger partial charge is 0.319 e. The van der Waals surface area contributed by atoms with Gasteiger partial charge in [0, 0.05) is 24.9 Å². The Morgan fingerprint density at radius 2 is 2.08 bits per heavy atom. The average molecular weight is 360 g/mol. The van der Waals surface area contributed by atoms with Gasteiger partial charge in [0.2, 0.25) is 0 Å². The van der Waals surface area contributed by atoms with Crippen LogP contribution < -0.4 is 16.0 Å². The molecule has 1 atom stereocenters. The predicted molar refractivity (Wildman–Crippen MR) is 97.1 cm³/mol. The number of aromatic nitrogens is 3. The maximum absolute atomic E-state index is 12.2. The first-order valence-electron chi connectivity index (χ1n) is 8.25. The molecule has 2 rings (SSSR count). The highest BCUT2D eigenvalue weighted by molar-refractivity contribution is 5.99. The molecule has 0 saturated carbocycles. The molecule has 0 spiro atoms. The van der Waals surface area contributed by atoms with Gasteiger partial charge >= 0.3 is 6.03 Å². The zero-order valence-electron chi connectivity index (χ0n) is 15.3. The molecule has 0 saturated heterocycles. The second-order valence-corrected chi connectivity index (χ2v) is 5.83. The van der Waals surface area contributed by atoms with E-state index >= 15 is 0 Å². The molecule has 1 aromatic heterocycles. The molecule has 0 fully saturated rings. The molecule has 0 radical (unpaired) electrons. The van der Waals surface area contributed by atoms with Crippen molar-refractivity contribution in [3.8, 4) is 0 Å². The number of urea groups is 1. The number of aromatic amines is 1. The van der Waals surface area contributed by atoms with Gasteiger partial charge in [0.1, 0.15) is 5.82 Å². The number of nitrogens with zero attached hydrogens (tertiary/aromatic N) is 2. The van der Waals surface area contributed by atoms with Crippen molar-refractivity contribution >= 4 is 17.6 Å². The van der Waals surface area contributed by atoms with Gasteiger partial charge in [0.15, 0.2) is 5.82 Å². The van der Waals surface area contributed by atoms with E-state index in [1.54, 1.807) is 46.1 Å². The van der Waals surface area contributed by atoms with E-state index in [1.807, 2.05) is 0 Å². The van der Waals surface area contributed by atoms with Crippen LogP contribution in [0.25, 0.3) is 0 Å². The maximum atomic E-state index is 12.2. The normalized spacial score (nSPS) is 11.7. The molecule has 1 aromatic carbocycles. The van der Waals surface area contributed by atoms with Gasteiger partial charge in [-0.25, -0.2) is 9.78 Å². The number of methoxy groups -OCH3 is 1. The van der Waals surface area contributed by atoms with Gasteiger partial charge in [-0.15, -0.1) is 0 Å². The molecule has 1 heterocycles. The van der Waals surface area contributed by atoms with Crippen LogP contribution in [-0.4, -0.2) is 47.4 Å². The number of carbonyl (C=O) groups excluding carboxylic acids is 2. The van der Waals surface area contributed by atoms with Gasteiger partial charge in [-0.05, 0) is 38.5 Å². The number of rotatable bonds is 7. The first kappa shape index (κ1) is 19.4. The number of benzene rings is 1. The van der Waals surface area contributed by atoms with Crippen molar-refractivity contribution in [2.24, 2.45) is 0 Å². The third-order valence-electron chi connectivity index (χ3n) is 3.77. The molecule has 0 aliphatic rings. The van der Waals surface area contributed by atoms with Crippen LogP contribution in [-0.2, 0) is 4.74 Å². The van der Waals surface area contributed by atoms with Crippen LogP contribution in [0.3, 0.4) is 0 Å². The third-order valence-corrected chi connectivity index (χ3v) is 3.77. The first-order chi connectivity index (χ1) is 12.4. The fourth-order valence-electron chi connectivity index (χ4n) is 2.35. The fourth-order valence-corrected chi connectivity index (χ4v) is 2.35. The molecule has 0 aliphatic heterocycles. The number of H-pyrrole nitrogens is 1. The monoisotopic (exact) mass is 360 g/mol. The Morgan fingerprint density at radius 3 is 2.73 bits per heavy atom. The van der Waals surface area contributed by atoms with Gasteiger partial charge in [-0.2, -0.15) is 5.10 Å². The summed E-state index contributed by atoms with van der Waals surface area (Å²) in [6.07, 6.45) is 0. The Balaban J connectivity index is 2.01. The van der Waals surface area contributed by atoms with E-state index in [1.165, 1.54) is 0 Å². The van der Waals surface area contributed by atoms with Crippen molar-refractivity contribution in [2.45, 2.75) is 26.8 Å². The molecule has 3 amide bonds. The number of carbonyl (C=O) groups is 2.